The molecule has 3 atom stereocenters. The average Bonchev–Trinajstić information content (AvgIpc) is 2.74. The lowest BCUT2D eigenvalue weighted by molar-refractivity contribution is -0.127. The first-order valence-corrected chi connectivity index (χ1v) is 8.27. The molecule has 1 aromatic carbocycles. The zero-order valence-corrected chi connectivity index (χ0v) is 14.2. The summed E-state index contributed by atoms with van der Waals surface area (Å²) in [4.78, 5) is 28.4. The molecular formula is C16H19BrN2O3. The molecule has 2 amide bonds. The van der Waals surface area contributed by atoms with Crippen LogP contribution in [0.5, 0.6) is 0 Å². The Hall–Kier alpha value is -1.24. The fourth-order valence-corrected chi connectivity index (χ4v) is 3.50. The second-order valence-electron chi connectivity index (χ2n) is 5.97. The third-order valence-electron chi connectivity index (χ3n) is 4.10. The summed E-state index contributed by atoms with van der Waals surface area (Å²) < 4.78 is 6.63. The molecule has 5 nitrogen and oxygen atoms in total. The summed E-state index contributed by atoms with van der Waals surface area (Å²) in [7, 11) is 0. The van der Waals surface area contributed by atoms with Crippen molar-refractivity contribution in [2.24, 2.45) is 0 Å². The van der Waals surface area contributed by atoms with E-state index in [1.54, 1.807) is 12.1 Å². The Morgan fingerprint density at radius 3 is 2.27 bits per heavy atom. The molecule has 3 unspecified atom stereocenters. The van der Waals surface area contributed by atoms with Gasteiger partial charge < -0.3 is 4.74 Å². The van der Waals surface area contributed by atoms with Gasteiger partial charge in [-0.3, -0.25) is 14.5 Å². The lowest BCUT2D eigenvalue weighted by Crippen LogP contribution is -2.52. The maximum Gasteiger partial charge on any atom is 0.251 e. The molecule has 2 aliphatic heterocycles. The lowest BCUT2D eigenvalue weighted by Gasteiger charge is -2.37. The van der Waals surface area contributed by atoms with E-state index in [9.17, 15) is 9.59 Å². The Morgan fingerprint density at radius 2 is 1.68 bits per heavy atom. The van der Waals surface area contributed by atoms with Crippen molar-refractivity contribution in [3.63, 3.8) is 0 Å². The summed E-state index contributed by atoms with van der Waals surface area (Å²) in [6, 6.07) is 6.87. The third-order valence-corrected chi connectivity index (χ3v) is 4.62. The standard InChI is InChI=1S/C16H19BrN2O3/c1-10-8-18(9-11(2)22-10)14-7-15(20)19(16(14)21)13-5-3-12(17)4-6-13/h3-6,10-11,14H,7-9H2,1-2H3. The quantitative estimate of drug-likeness (QED) is 0.752. The van der Waals surface area contributed by atoms with E-state index < -0.39 is 0 Å². The number of morpholine rings is 1. The second kappa shape index (κ2) is 6.10. The SMILES string of the molecule is CC1CN(C2CC(=O)N(c3ccc(Br)cc3)C2=O)CC(C)O1. The van der Waals surface area contributed by atoms with Crippen LogP contribution in [0.1, 0.15) is 20.3 Å². The molecule has 1 aromatic rings. The van der Waals surface area contributed by atoms with Crippen LogP contribution in [-0.2, 0) is 14.3 Å². The van der Waals surface area contributed by atoms with Gasteiger partial charge >= 0.3 is 0 Å². The number of carbonyl (C=O) groups excluding carboxylic acids is 2. The van der Waals surface area contributed by atoms with E-state index in [0.29, 0.717) is 18.8 Å². The minimum absolute atomic E-state index is 0.0772. The van der Waals surface area contributed by atoms with Crippen LogP contribution >= 0.6 is 15.9 Å². The maximum absolute atomic E-state index is 12.7. The lowest BCUT2D eigenvalue weighted by atomic mass is 10.1. The number of nitrogens with zero attached hydrogens (tertiary/aromatic N) is 2. The number of benzene rings is 1. The average molecular weight is 367 g/mol. The highest BCUT2D eigenvalue weighted by Gasteiger charge is 2.44. The summed E-state index contributed by atoms with van der Waals surface area (Å²) in [5.74, 6) is -0.266. The number of anilines is 1. The molecule has 0 bridgehead atoms. The van der Waals surface area contributed by atoms with Crippen LogP contribution < -0.4 is 4.90 Å². The molecule has 22 heavy (non-hydrogen) atoms. The normalized spacial score (nSPS) is 30.1. The fraction of sp³-hybridized carbons (Fsp3) is 0.500. The summed E-state index contributed by atoms with van der Waals surface area (Å²) >= 11 is 3.36. The van der Waals surface area contributed by atoms with Crippen molar-refractivity contribution in [3.8, 4) is 0 Å². The van der Waals surface area contributed by atoms with Crippen molar-refractivity contribution in [3.05, 3.63) is 28.7 Å². The number of hydrogen-bond acceptors (Lipinski definition) is 4. The molecule has 2 fully saturated rings. The van der Waals surface area contributed by atoms with Crippen molar-refractivity contribution >= 4 is 33.4 Å². The molecule has 0 spiro atoms. The van der Waals surface area contributed by atoms with Crippen LogP contribution in [0.3, 0.4) is 0 Å². The molecule has 0 aromatic heterocycles. The van der Waals surface area contributed by atoms with Crippen molar-refractivity contribution in [1.82, 2.24) is 4.90 Å². The van der Waals surface area contributed by atoms with Gasteiger partial charge in [0.1, 0.15) is 0 Å². The summed E-state index contributed by atoms with van der Waals surface area (Å²) in [6.45, 7) is 5.36. The van der Waals surface area contributed by atoms with Gasteiger partial charge in [-0.15, -0.1) is 0 Å². The van der Waals surface area contributed by atoms with E-state index in [1.807, 2.05) is 26.0 Å². The smallest absolute Gasteiger partial charge is 0.251 e. The van der Waals surface area contributed by atoms with Crippen LogP contribution in [0.25, 0.3) is 0 Å². The van der Waals surface area contributed by atoms with Gasteiger partial charge in [-0.1, -0.05) is 15.9 Å². The van der Waals surface area contributed by atoms with E-state index in [2.05, 4.69) is 20.8 Å². The highest BCUT2D eigenvalue weighted by Crippen LogP contribution is 2.28. The van der Waals surface area contributed by atoms with Crippen LogP contribution in [0.15, 0.2) is 28.7 Å². The first-order chi connectivity index (χ1) is 10.5. The Kier molecular flexibility index (Phi) is 4.34. The predicted molar refractivity (Wildman–Crippen MR) is 86.6 cm³/mol. The molecule has 2 heterocycles. The van der Waals surface area contributed by atoms with Crippen LogP contribution in [0, 0.1) is 0 Å². The first kappa shape index (κ1) is 15.6. The molecule has 6 heteroatoms. The van der Waals surface area contributed by atoms with E-state index in [1.165, 1.54) is 4.90 Å². The van der Waals surface area contributed by atoms with Gasteiger partial charge in [-0.2, -0.15) is 0 Å². The Bertz CT molecular complexity index is 580. The number of rotatable bonds is 2. The van der Waals surface area contributed by atoms with Crippen LogP contribution in [-0.4, -0.2) is 48.1 Å². The number of carbonyl (C=O) groups is 2. The van der Waals surface area contributed by atoms with Gasteiger partial charge in [-0.05, 0) is 38.1 Å². The van der Waals surface area contributed by atoms with Crippen LogP contribution in [0.2, 0.25) is 0 Å². The number of amides is 2. The number of halogens is 1. The molecule has 2 saturated heterocycles. The molecule has 2 aliphatic rings. The summed E-state index contributed by atoms with van der Waals surface area (Å²) in [5.41, 5.74) is 0.634. The maximum atomic E-state index is 12.7. The van der Waals surface area contributed by atoms with Gasteiger partial charge in [0.05, 0.1) is 30.4 Å². The van der Waals surface area contributed by atoms with Gasteiger partial charge in [0.2, 0.25) is 5.91 Å². The fourth-order valence-electron chi connectivity index (χ4n) is 3.23. The molecule has 0 aliphatic carbocycles. The largest absolute Gasteiger partial charge is 0.373 e. The predicted octanol–water partition coefficient (Wildman–Crippen LogP) is 2.19. The molecule has 0 saturated carbocycles. The third kappa shape index (κ3) is 2.95. The number of hydrogen-bond donors (Lipinski definition) is 0. The Balaban J connectivity index is 1.80. The van der Waals surface area contributed by atoms with Crippen LogP contribution in [0.4, 0.5) is 5.69 Å². The van der Waals surface area contributed by atoms with Gasteiger partial charge in [0.25, 0.3) is 5.91 Å². The molecule has 3 rings (SSSR count). The van der Waals surface area contributed by atoms with Gasteiger partial charge in [0.15, 0.2) is 0 Å². The molecule has 0 radical (unpaired) electrons. The van der Waals surface area contributed by atoms with Crippen molar-refractivity contribution in [2.45, 2.75) is 38.5 Å². The first-order valence-electron chi connectivity index (χ1n) is 7.47. The minimum Gasteiger partial charge on any atom is -0.373 e. The highest BCUT2D eigenvalue weighted by molar-refractivity contribution is 9.10. The molecular weight excluding hydrogens is 348 g/mol. The van der Waals surface area contributed by atoms with E-state index in [4.69, 9.17) is 4.74 Å². The van der Waals surface area contributed by atoms with E-state index >= 15 is 0 Å². The second-order valence-corrected chi connectivity index (χ2v) is 6.89. The van der Waals surface area contributed by atoms with E-state index in [-0.39, 0.29) is 36.5 Å². The van der Waals surface area contributed by atoms with Crippen molar-refractivity contribution < 1.29 is 14.3 Å². The zero-order chi connectivity index (χ0) is 15.9. The minimum atomic E-state index is -0.370. The molecule has 118 valence electrons. The number of ether oxygens (including phenoxy) is 1. The zero-order valence-electron chi connectivity index (χ0n) is 12.7. The van der Waals surface area contributed by atoms with Crippen molar-refractivity contribution in [1.29, 1.82) is 0 Å². The van der Waals surface area contributed by atoms with E-state index in [0.717, 1.165) is 4.47 Å². The monoisotopic (exact) mass is 366 g/mol. The highest BCUT2D eigenvalue weighted by atomic mass is 79.9. The summed E-state index contributed by atoms with van der Waals surface area (Å²) in [5, 5.41) is 0. The van der Waals surface area contributed by atoms with Gasteiger partial charge in [0, 0.05) is 17.6 Å². The summed E-state index contributed by atoms with van der Waals surface area (Å²) in [6.07, 6.45) is 0.399. The van der Waals surface area contributed by atoms with Crippen molar-refractivity contribution in [2.75, 3.05) is 18.0 Å². The topological polar surface area (TPSA) is 49.9 Å². The Labute approximate surface area is 138 Å². The van der Waals surface area contributed by atoms with Gasteiger partial charge in [-0.25, -0.2) is 4.90 Å². The number of imide groups is 1. The Morgan fingerprint density at radius 1 is 1.09 bits per heavy atom. The molecule has 0 N–H and O–H groups in total.